The lowest BCUT2D eigenvalue weighted by Crippen LogP contribution is -2.23. The lowest BCUT2D eigenvalue weighted by molar-refractivity contribution is 0.583. The summed E-state index contributed by atoms with van der Waals surface area (Å²) in [4.78, 5) is 2.33. The van der Waals surface area contributed by atoms with Crippen LogP contribution >= 0.6 is 12.4 Å². The van der Waals surface area contributed by atoms with Gasteiger partial charge in [0, 0.05) is 5.56 Å². The molecule has 1 aliphatic rings. The minimum atomic E-state index is -3.39. The minimum absolute atomic E-state index is 0. The Morgan fingerprint density at radius 2 is 1.92 bits per heavy atom. The van der Waals surface area contributed by atoms with E-state index in [-0.39, 0.29) is 17.3 Å². The third kappa shape index (κ3) is 1.66. The van der Waals surface area contributed by atoms with Gasteiger partial charge in [0.2, 0.25) is 0 Å². The van der Waals surface area contributed by atoms with Crippen molar-refractivity contribution in [3.63, 3.8) is 0 Å². The maximum Gasteiger partial charge on any atom is 0.277 e. The molecule has 0 saturated heterocycles. The number of nitrogens with one attached hydrogen (secondary N) is 1. The van der Waals surface area contributed by atoms with E-state index in [9.17, 15) is 8.42 Å². The topological polar surface area (TPSA) is 58.5 Å². The van der Waals surface area contributed by atoms with Crippen LogP contribution < -0.4 is 4.83 Å². The van der Waals surface area contributed by atoms with Gasteiger partial charge in [-0.3, -0.25) is 0 Å². The monoisotopic (exact) mass is 218 g/mol. The number of rotatable bonds is 0. The molecule has 1 aromatic rings. The van der Waals surface area contributed by atoms with Crippen molar-refractivity contribution < 1.29 is 8.42 Å². The van der Waals surface area contributed by atoms with Gasteiger partial charge in [-0.2, -0.15) is 13.5 Å². The van der Waals surface area contributed by atoms with E-state index in [2.05, 4.69) is 9.93 Å². The Morgan fingerprint density at radius 3 is 2.62 bits per heavy atom. The number of nitrogens with zero attached hydrogens (tertiary/aromatic N) is 1. The number of hydrogen-bond donors (Lipinski definition) is 1. The van der Waals surface area contributed by atoms with Gasteiger partial charge in [0.1, 0.15) is 0 Å². The van der Waals surface area contributed by atoms with E-state index < -0.39 is 10.0 Å². The predicted octanol–water partition coefficient (Wildman–Crippen LogP) is 0.734. The fourth-order valence-electron chi connectivity index (χ4n) is 1.05. The summed E-state index contributed by atoms with van der Waals surface area (Å²) in [5.74, 6) is 0. The van der Waals surface area contributed by atoms with E-state index in [1.807, 2.05) is 0 Å². The number of benzene rings is 1. The SMILES string of the molecule is Cl.O=S1(=O)NN=Cc2ccccc21. The van der Waals surface area contributed by atoms with Gasteiger partial charge >= 0.3 is 0 Å². The van der Waals surface area contributed by atoms with Crippen molar-refractivity contribution in [2.24, 2.45) is 5.10 Å². The van der Waals surface area contributed by atoms with Crippen LogP contribution in [0.15, 0.2) is 34.3 Å². The summed E-state index contributed by atoms with van der Waals surface area (Å²) in [6, 6.07) is 6.70. The largest absolute Gasteiger partial charge is 0.277 e. The van der Waals surface area contributed by atoms with Crippen molar-refractivity contribution >= 4 is 28.6 Å². The molecule has 1 aromatic carbocycles. The zero-order valence-electron chi connectivity index (χ0n) is 6.47. The molecular weight excluding hydrogens is 212 g/mol. The Bertz CT molecular complexity index is 442. The van der Waals surface area contributed by atoms with E-state index >= 15 is 0 Å². The molecule has 0 spiro atoms. The van der Waals surface area contributed by atoms with Crippen LogP contribution in [-0.4, -0.2) is 14.6 Å². The molecular formula is C7H7ClN2O2S. The summed E-state index contributed by atoms with van der Waals surface area (Å²) < 4.78 is 22.5. The lowest BCUT2D eigenvalue weighted by Gasteiger charge is -2.10. The molecule has 1 N–H and O–H groups in total. The Hall–Kier alpha value is -1.07. The highest BCUT2D eigenvalue weighted by Crippen LogP contribution is 2.15. The van der Waals surface area contributed by atoms with Crippen LogP contribution in [0, 0.1) is 0 Å². The summed E-state index contributed by atoms with van der Waals surface area (Å²) in [6.45, 7) is 0. The molecule has 2 rings (SSSR count). The van der Waals surface area contributed by atoms with Crippen molar-refractivity contribution in [2.75, 3.05) is 0 Å². The Morgan fingerprint density at radius 1 is 1.23 bits per heavy atom. The molecule has 0 amide bonds. The maximum atomic E-state index is 11.2. The van der Waals surface area contributed by atoms with Crippen LogP contribution in [0.1, 0.15) is 5.56 Å². The van der Waals surface area contributed by atoms with Crippen LogP contribution in [0.4, 0.5) is 0 Å². The fourth-order valence-corrected chi connectivity index (χ4v) is 2.02. The Labute approximate surface area is 82.1 Å². The normalized spacial score (nSPS) is 16.6. The molecule has 0 fully saturated rings. The average molecular weight is 219 g/mol. The van der Waals surface area contributed by atoms with Crippen LogP contribution in [-0.2, 0) is 10.0 Å². The molecule has 0 saturated carbocycles. The average Bonchev–Trinajstić information content (AvgIpc) is 2.04. The van der Waals surface area contributed by atoms with Crippen LogP contribution in [0.2, 0.25) is 0 Å². The quantitative estimate of drug-likeness (QED) is 0.698. The van der Waals surface area contributed by atoms with Crippen molar-refractivity contribution in [1.29, 1.82) is 0 Å². The van der Waals surface area contributed by atoms with Crippen LogP contribution in [0.5, 0.6) is 0 Å². The van der Waals surface area contributed by atoms with Gasteiger partial charge in [0.05, 0.1) is 11.1 Å². The number of hydrazone groups is 1. The van der Waals surface area contributed by atoms with Gasteiger partial charge in [0.25, 0.3) is 10.0 Å². The molecule has 4 nitrogen and oxygen atoms in total. The Kier molecular flexibility index (Phi) is 2.58. The smallest absolute Gasteiger partial charge is 0.200 e. The zero-order valence-corrected chi connectivity index (χ0v) is 8.10. The molecule has 0 aliphatic carbocycles. The molecule has 0 radical (unpaired) electrons. The third-order valence-electron chi connectivity index (χ3n) is 1.59. The molecule has 0 unspecified atom stereocenters. The molecule has 13 heavy (non-hydrogen) atoms. The molecule has 0 aromatic heterocycles. The van der Waals surface area contributed by atoms with Crippen molar-refractivity contribution in [1.82, 2.24) is 4.83 Å². The molecule has 0 atom stereocenters. The van der Waals surface area contributed by atoms with E-state index in [0.717, 1.165) is 0 Å². The van der Waals surface area contributed by atoms with Crippen LogP contribution in [0.25, 0.3) is 0 Å². The van der Waals surface area contributed by atoms with E-state index in [1.54, 1.807) is 24.3 Å². The summed E-state index contributed by atoms with van der Waals surface area (Å²) in [6.07, 6.45) is 1.48. The second kappa shape index (κ2) is 3.35. The highest BCUT2D eigenvalue weighted by atomic mass is 35.5. The van der Waals surface area contributed by atoms with Gasteiger partial charge in [-0.15, -0.1) is 12.4 Å². The predicted molar refractivity (Wildman–Crippen MR) is 51.6 cm³/mol. The first-order valence-electron chi connectivity index (χ1n) is 3.34. The number of fused-ring (bicyclic) bond motifs is 1. The van der Waals surface area contributed by atoms with Gasteiger partial charge in [-0.1, -0.05) is 18.2 Å². The van der Waals surface area contributed by atoms with Gasteiger partial charge < -0.3 is 0 Å². The highest BCUT2D eigenvalue weighted by molar-refractivity contribution is 7.89. The van der Waals surface area contributed by atoms with Gasteiger partial charge in [0.15, 0.2) is 0 Å². The number of halogens is 1. The second-order valence-corrected chi connectivity index (χ2v) is 4.02. The standard InChI is InChI=1S/C7H6N2O2S.ClH/c10-12(11)7-4-2-1-3-6(7)5-8-9-12;/h1-5,9H;1H. The first-order chi connectivity index (χ1) is 5.70. The van der Waals surface area contributed by atoms with E-state index in [1.165, 1.54) is 6.21 Å². The summed E-state index contributed by atoms with van der Waals surface area (Å²) >= 11 is 0. The van der Waals surface area contributed by atoms with Crippen LogP contribution in [0.3, 0.4) is 0 Å². The number of hydrogen-bond acceptors (Lipinski definition) is 3. The van der Waals surface area contributed by atoms with E-state index in [0.29, 0.717) is 5.56 Å². The van der Waals surface area contributed by atoms with Gasteiger partial charge in [-0.05, 0) is 6.07 Å². The molecule has 0 bridgehead atoms. The van der Waals surface area contributed by atoms with Gasteiger partial charge in [-0.25, -0.2) is 4.83 Å². The summed E-state index contributed by atoms with van der Waals surface area (Å²) in [5.41, 5.74) is 0.622. The highest BCUT2D eigenvalue weighted by Gasteiger charge is 2.18. The molecule has 1 aliphatic heterocycles. The van der Waals surface area contributed by atoms with Crippen molar-refractivity contribution in [3.8, 4) is 0 Å². The number of sulfonamides is 1. The molecule has 1 heterocycles. The summed E-state index contributed by atoms with van der Waals surface area (Å²) in [7, 11) is -3.39. The second-order valence-electron chi connectivity index (χ2n) is 2.39. The molecule has 70 valence electrons. The minimum Gasteiger partial charge on any atom is -0.200 e. The first kappa shape index (κ1) is 10.0. The maximum absolute atomic E-state index is 11.2. The first-order valence-corrected chi connectivity index (χ1v) is 4.82. The third-order valence-corrected chi connectivity index (χ3v) is 2.88. The summed E-state index contributed by atoms with van der Waals surface area (Å²) in [5, 5.41) is 3.51. The fraction of sp³-hybridized carbons (Fsp3) is 0. The molecule has 6 heteroatoms. The van der Waals surface area contributed by atoms with Crippen molar-refractivity contribution in [2.45, 2.75) is 4.90 Å². The van der Waals surface area contributed by atoms with E-state index in [4.69, 9.17) is 0 Å². The van der Waals surface area contributed by atoms with Crippen molar-refractivity contribution in [3.05, 3.63) is 29.8 Å². The lowest BCUT2D eigenvalue weighted by atomic mass is 10.2. The Balaban J connectivity index is 0.000000845. The zero-order chi connectivity index (χ0) is 8.60.